The number of esters is 1. The minimum absolute atomic E-state index is 0.0662. The molecule has 0 rings (SSSR count). The number of hydrogen-bond donors (Lipinski definition) is 1. The molecule has 0 fully saturated rings. The standard InChI is InChI=1S/C24H47NO11/c1-25(2)7-8-29-9-10-30-11-12-31-13-14-32-15-16-33-17-18-34-19-20-35-21-22-36-24(28)6-4-3-5-23(26)27/h3-22H2,1-2H3,(H,26,27). The van der Waals surface area contributed by atoms with Gasteiger partial charge in [-0.3, -0.25) is 9.59 Å². The van der Waals surface area contributed by atoms with Crippen molar-refractivity contribution in [1.29, 1.82) is 0 Å². The Morgan fingerprint density at radius 3 is 1.22 bits per heavy atom. The van der Waals surface area contributed by atoms with E-state index in [4.69, 9.17) is 43.0 Å². The number of carbonyl (C=O) groups is 2. The zero-order valence-electron chi connectivity index (χ0n) is 22.1. The predicted octanol–water partition coefficient (Wildman–Crippen LogP) is 0.852. The van der Waals surface area contributed by atoms with E-state index in [0.29, 0.717) is 105 Å². The second-order valence-electron chi connectivity index (χ2n) is 7.91. The molecule has 0 bridgehead atoms. The van der Waals surface area contributed by atoms with Crippen LogP contribution in [-0.4, -0.2) is 142 Å². The summed E-state index contributed by atoms with van der Waals surface area (Å²) in [6.07, 6.45) is 1.26. The van der Waals surface area contributed by atoms with E-state index < -0.39 is 5.97 Å². The van der Waals surface area contributed by atoms with Gasteiger partial charge in [-0.25, -0.2) is 0 Å². The van der Waals surface area contributed by atoms with Gasteiger partial charge < -0.3 is 47.9 Å². The lowest BCUT2D eigenvalue weighted by Crippen LogP contribution is -2.19. The largest absolute Gasteiger partial charge is 0.481 e. The molecular formula is C24H47NO11. The first kappa shape index (κ1) is 34.6. The van der Waals surface area contributed by atoms with E-state index in [1.165, 1.54) is 0 Å². The summed E-state index contributed by atoms with van der Waals surface area (Å²) in [5.74, 6) is -1.20. The number of carboxylic acid groups (broad SMARTS) is 1. The van der Waals surface area contributed by atoms with Crippen LogP contribution in [0.4, 0.5) is 0 Å². The molecule has 0 unspecified atom stereocenters. The topological polar surface area (TPSA) is 131 Å². The van der Waals surface area contributed by atoms with Crippen LogP contribution in [0.3, 0.4) is 0 Å². The zero-order valence-corrected chi connectivity index (χ0v) is 22.1. The number of carboxylic acids is 1. The van der Waals surface area contributed by atoms with Gasteiger partial charge in [-0.2, -0.15) is 0 Å². The number of likely N-dealkylation sites (N-methyl/N-ethyl adjacent to an activating group) is 1. The van der Waals surface area contributed by atoms with Gasteiger partial charge in [0.25, 0.3) is 0 Å². The average molecular weight is 526 g/mol. The highest BCUT2D eigenvalue weighted by Crippen LogP contribution is 2.01. The number of unbranched alkanes of at least 4 members (excludes halogenated alkanes) is 1. The maximum Gasteiger partial charge on any atom is 0.305 e. The molecule has 0 aliphatic heterocycles. The third kappa shape index (κ3) is 30.7. The van der Waals surface area contributed by atoms with Gasteiger partial charge in [-0.15, -0.1) is 0 Å². The molecular weight excluding hydrogens is 478 g/mol. The SMILES string of the molecule is CN(C)CCOCCOCCOCCOCCOCCOCCOCCOC(=O)CCCCC(=O)O. The Bertz CT molecular complexity index is 495. The zero-order chi connectivity index (χ0) is 26.5. The Balaban J connectivity index is 3.11. The van der Waals surface area contributed by atoms with Gasteiger partial charge in [0.15, 0.2) is 0 Å². The van der Waals surface area contributed by atoms with E-state index >= 15 is 0 Å². The van der Waals surface area contributed by atoms with E-state index in [1.54, 1.807) is 0 Å². The minimum atomic E-state index is -0.858. The number of ether oxygens (including phenoxy) is 8. The molecule has 12 heteroatoms. The van der Waals surface area contributed by atoms with Gasteiger partial charge in [0, 0.05) is 19.4 Å². The Kier molecular flexibility index (Phi) is 27.1. The first-order chi connectivity index (χ1) is 17.5. The Morgan fingerprint density at radius 1 is 0.528 bits per heavy atom. The van der Waals surface area contributed by atoms with Gasteiger partial charge in [-0.1, -0.05) is 0 Å². The second kappa shape index (κ2) is 28.2. The Labute approximate surface area is 215 Å². The third-order valence-corrected chi connectivity index (χ3v) is 4.43. The summed E-state index contributed by atoms with van der Waals surface area (Å²) in [4.78, 5) is 23.9. The molecule has 0 amide bonds. The number of hydrogen-bond acceptors (Lipinski definition) is 11. The average Bonchev–Trinajstić information content (AvgIpc) is 2.84. The molecule has 0 spiro atoms. The van der Waals surface area contributed by atoms with Crippen molar-refractivity contribution in [2.45, 2.75) is 25.7 Å². The molecule has 214 valence electrons. The molecule has 0 aliphatic carbocycles. The quantitative estimate of drug-likeness (QED) is 0.110. The number of rotatable bonds is 29. The number of aliphatic carboxylic acids is 1. The first-order valence-electron chi connectivity index (χ1n) is 12.6. The van der Waals surface area contributed by atoms with Crippen molar-refractivity contribution in [3.63, 3.8) is 0 Å². The maximum absolute atomic E-state index is 11.4. The van der Waals surface area contributed by atoms with Gasteiger partial charge in [0.1, 0.15) is 6.61 Å². The highest BCUT2D eigenvalue weighted by Gasteiger charge is 2.04. The smallest absolute Gasteiger partial charge is 0.305 e. The van der Waals surface area contributed by atoms with Crippen LogP contribution in [0.15, 0.2) is 0 Å². The highest BCUT2D eigenvalue weighted by atomic mass is 16.6. The van der Waals surface area contributed by atoms with Gasteiger partial charge in [-0.05, 0) is 26.9 Å². The molecule has 36 heavy (non-hydrogen) atoms. The van der Waals surface area contributed by atoms with Crippen LogP contribution in [0.1, 0.15) is 25.7 Å². The lowest BCUT2D eigenvalue weighted by Gasteiger charge is -2.10. The molecule has 0 aromatic carbocycles. The molecule has 0 aromatic heterocycles. The van der Waals surface area contributed by atoms with Crippen LogP contribution in [0, 0.1) is 0 Å². The predicted molar refractivity (Wildman–Crippen MR) is 131 cm³/mol. The van der Waals surface area contributed by atoms with Gasteiger partial charge in [0.05, 0.1) is 92.5 Å². The van der Waals surface area contributed by atoms with Crippen molar-refractivity contribution in [3.8, 4) is 0 Å². The molecule has 0 atom stereocenters. The van der Waals surface area contributed by atoms with Crippen LogP contribution in [-0.2, 0) is 47.5 Å². The molecule has 0 aromatic rings. The lowest BCUT2D eigenvalue weighted by atomic mass is 10.2. The van der Waals surface area contributed by atoms with E-state index in [-0.39, 0.29) is 25.4 Å². The molecule has 1 N–H and O–H groups in total. The monoisotopic (exact) mass is 525 g/mol. The van der Waals surface area contributed by atoms with Crippen LogP contribution in [0.25, 0.3) is 0 Å². The Hall–Kier alpha value is -1.38. The lowest BCUT2D eigenvalue weighted by molar-refractivity contribution is -0.146. The number of nitrogens with zero attached hydrogens (tertiary/aromatic N) is 1. The summed E-state index contributed by atoms with van der Waals surface area (Å²) in [5.41, 5.74) is 0. The van der Waals surface area contributed by atoms with Gasteiger partial charge >= 0.3 is 11.9 Å². The fourth-order valence-electron chi connectivity index (χ4n) is 2.50. The maximum atomic E-state index is 11.4. The molecule has 0 heterocycles. The number of carbonyl (C=O) groups excluding carboxylic acids is 1. The Morgan fingerprint density at radius 2 is 0.861 bits per heavy atom. The summed E-state index contributed by atoms with van der Waals surface area (Å²) in [6.45, 7) is 8.04. The fraction of sp³-hybridized carbons (Fsp3) is 0.917. The van der Waals surface area contributed by atoms with E-state index in [2.05, 4.69) is 4.90 Å². The summed E-state index contributed by atoms with van der Waals surface area (Å²) in [6, 6.07) is 0. The molecule has 0 radical (unpaired) electrons. The first-order valence-corrected chi connectivity index (χ1v) is 12.6. The van der Waals surface area contributed by atoms with E-state index in [9.17, 15) is 9.59 Å². The van der Waals surface area contributed by atoms with Crippen LogP contribution >= 0.6 is 0 Å². The van der Waals surface area contributed by atoms with Crippen LogP contribution in [0.2, 0.25) is 0 Å². The van der Waals surface area contributed by atoms with E-state index in [1.807, 2.05) is 14.1 Å². The van der Waals surface area contributed by atoms with Crippen LogP contribution in [0.5, 0.6) is 0 Å². The molecule has 0 aliphatic rings. The van der Waals surface area contributed by atoms with Crippen molar-refractivity contribution in [1.82, 2.24) is 4.90 Å². The minimum Gasteiger partial charge on any atom is -0.481 e. The summed E-state index contributed by atoms with van der Waals surface area (Å²) < 4.78 is 42.8. The summed E-state index contributed by atoms with van der Waals surface area (Å²) in [5, 5.41) is 8.52. The molecule has 0 saturated heterocycles. The summed E-state index contributed by atoms with van der Waals surface area (Å²) in [7, 11) is 4.02. The third-order valence-electron chi connectivity index (χ3n) is 4.43. The van der Waals surface area contributed by atoms with Crippen molar-refractivity contribution < 1.29 is 52.6 Å². The summed E-state index contributed by atoms with van der Waals surface area (Å²) >= 11 is 0. The van der Waals surface area contributed by atoms with Crippen molar-refractivity contribution >= 4 is 11.9 Å². The highest BCUT2D eigenvalue weighted by molar-refractivity contribution is 5.69. The van der Waals surface area contributed by atoms with Crippen LogP contribution < -0.4 is 0 Å². The second-order valence-corrected chi connectivity index (χ2v) is 7.91. The van der Waals surface area contributed by atoms with Crippen molar-refractivity contribution in [3.05, 3.63) is 0 Å². The fourth-order valence-corrected chi connectivity index (χ4v) is 2.50. The van der Waals surface area contributed by atoms with Crippen molar-refractivity contribution in [2.24, 2.45) is 0 Å². The van der Waals surface area contributed by atoms with Gasteiger partial charge in [0.2, 0.25) is 0 Å². The molecule has 12 nitrogen and oxygen atoms in total. The van der Waals surface area contributed by atoms with E-state index in [0.717, 1.165) is 6.54 Å². The van der Waals surface area contributed by atoms with Crippen molar-refractivity contribution in [2.75, 3.05) is 120 Å². The molecule has 0 saturated carbocycles. The normalized spacial score (nSPS) is 11.3.